The number of nitrogens with two attached hydrogens (primary N) is 1. The minimum Gasteiger partial charge on any atom is -0.493 e. The number of nitrogen functional groups attached to an aromatic ring is 1. The van der Waals surface area contributed by atoms with Gasteiger partial charge in [-0.3, -0.25) is 0 Å². The number of fused-ring (bicyclic) bond motifs is 1. The van der Waals surface area contributed by atoms with E-state index in [0.717, 1.165) is 23.9 Å². The zero-order chi connectivity index (χ0) is 15.4. The minimum atomic E-state index is 0.156. The van der Waals surface area contributed by atoms with Crippen molar-refractivity contribution in [2.45, 2.75) is 25.8 Å². The van der Waals surface area contributed by atoms with Crippen LogP contribution in [-0.2, 0) is 4.74 Å². The van der Waals surface area contributed by atoms with E-state index in [1.54, 1.807) is 21.3 Å². The van der Waals surface area contributed by atoms with Crippen molar-refractivity contribution in [1.82, 2.24) is 9.55 Å². The van der Waals surface area contributed by atoms with Crippen molar-refractivity contribution < 1.29 is 14.2 Å². The summed E-state index contributed by atoms with van der Waals surface area (Å²) in [5.41, 5.74) is 7.84. The Labute approximate surface area is 124 Å². The molecule has 1 aromatic heterocycles. The lowest BCUT2D eigenvalue weighted by Crippen LogP contribution is -2.16. The van der Waals surface area contributed by atoms with Crippen molar-refractivity contribution in [2.75, 3.05) is 33.7 Å². The van der Waals surface area contributed by atoms with Gasteiger partial charge in [0.05, 0.1) is 37.9 Å². The van der Waals surface area contributed by atoms with Crippen LogP contribution in [0.3, 0.4) is 0 Å². The monoisotopic (exact) mass is 293 g/mol. The third-order valence-corrected chi connectivity index (χ3v) is 3.57. The molecule has 2 N–H and O–H groups in total. The first-order valence-corrected chi connectivity index (χ1v) is 7.04. The molecule has 0 aliphatic rings. The molecule has 2 rings (SSSR count). The second kappa shape index (κ2) is 6.67. The number of imidazole rings is 1. The average Bonchev–Trinajstić information content (AvgIpc) is 2.80. The molecule has 1 aromatic carbocycles. The molecule has 6 nitrogen and oxygen atoms in total. The topological polar surface area (TPSA) is 71.5 Å². The second-order valence-electron chi connectivity index (χ2n) is 4.93. The van der Waals surface area contributed by atoms with Gasteiger partial charge in [0.1, 0.15) is 0 Å². The summed E-state index contributed by atoms with van der Waals surface area (Å²) in [6.45, 7) is 2.74. The van der Waals surface area contributed by atoms with E-state index >= 15 is 0 Å². The van der Waals surface area contributed by atoms with Crippen LogP contribution in [0.5, 0.6) is 11.5 Å². The number of methoxy groups -OCH3 is 3. The van der Waals surface area contributed by atoms with Crippen molar-refractivity contribution >= 4 is 17.0 Å². The third kappa shape index (κ3) is 2.90. The zero-order valence-electron chi connectivity index (χ0n) is 13.0. The summed E-state index contributed by atoms with van der Waals surface area (Å²) < 4.78 is 18.0. The molecule has 0 aliphatic heterocycles. The molecular weight excluding hydrogens is 270 g/mol. The summed E-state index contributed by atoms with van der Waals surface area (Å²) in [6, 6.07) is 3.91. The highest BCUT2D eigenvalue weighted by Crippen LogP contribution is 2.35. The predicted octanol–water partition coefficient (Wildman–Crippen LogP) is 2.62. The van der Waals surface area contributed by atoms with E-state index in [9.17, 15) is 0 Å². The molecule has 0 bridgehead atoms. The summed E-state index contributed by atoms with van der Waals surface area (Å²) in [6.07, 6.45) is 2.01. The van der Waals surface area contributed by atoms with Gasteiger partial charge in [-0.05, 0) is 6.42 Å². The lowest BCUT2D eigenvalue weighted by Gasteiger charge is -2.19. The number of nitrogens with zero attached hydrogens (tertiary/aromatic N) is 2. The normalized spacial score (nSPS) is 12.6. The molecule has 6 heteroatoms. The van der Waals surface area contributed by atoms with E-state index in [0.29, 0.717) is 24.1 Å². The summed E-state index contributed by atoms with van der Waals surface area (Å²) in [4.78, 5) is 4.43. The fourth-order valence-corrected chi connectivity index (χ4v) is 2.64. The molecule has 0 radical (unpaired) electrons. The van der Waals surface area contributed by atoms with Gasteiger partial charge in [-0.25, -0.2) is 4.98 Å². The van der Waals surface area contributed by atoms with Gasteiger partial charge in [0.2, 0.25) is 5.95 Å². The zero-order valence-corrected chi connectivity index (χ0v) is 13.0. The summed E-state index contributed by atoms with van der Waals surface area (Å²) in [5, 5.41) is 0. The molecule has 0 aliphatic carbocycles. The highest BCUT2D eigenvalue weighted by Gasteiger charge is 2.19. The Morgan fingerprint density at radius 2 is 1.86 bits per heavy atom. The largest absolute Gasteiger partial charge is 0.493 e. The van der Waals surface area contributed by atoms with Crippen LogP contribution in [0.15, 0.2) is 12.1 Å². The molecule has 2 aromatic rings. The molecule has 0 fully saturated rings. The maximum atomic E-state index is 6.11. The maximum Gasteiger partial charge on any atom is 0.201 e. The van der Waals surface area contributed by atoms with Gasteiger partial charge in [0.15, 0.2) is 11.5 Å². The van der Waals surface area contributed by atoms with Crippen molar-refractivity contribution in [2.24, 2.45) is 0 Å². The van der Waals surface area contributed by atoms with E-state index in [4.69, 9.17) is 19.9 Å². The summed E-state index contributed by atoms with van der Waals surface area (Å²) in [7, 11) is 4.92. The Bertz CT molecular complexity index is 604. The fraction of sp³-hybridized carbons (Fsp3) is 0.533. The van der Waals surface area contributed by atoms with Crippen LogP contribution in [0.25, 0.3) is 11.0 Å². The van der Waals surface area contributed by atoms with Gasteiger partial charge in [0.25, 0.3) is 0 Å². The minimum absolute atomic E-state index is 0.156. The SMILES string of the molecule is CCCC(COC)n1c(N)nc2cc(OC)c(OC)cc21. The number of aromatic nitrogens is 2. The van der Waals surface area contributed by atoms with E-state index < -0.39 is 0 Å². The van der Waals surface area contributed by atoms with Crippen LogP contribution in [0.4, 0.5) is 5.95 Å². The van der Waals surface area contributed by atoms with Crippen molar-refractivity contribution in [3.8, 4) is 11.5 Å². The van der Waals surface area contributed by atoms with Crippen molar-refractivity contribution in [1.29, 1.82) is 0 Å². The van der Waals surface area contributed by atoms with Crippen LogP contribution in [0.2, 0.25) is 0 Å². The molecule has 21 heavy (non-hydrogen) atoms. The second-order valence-corrected chi connectivity index (χ2v) is 4.93. The Morgan fingerprint density at radius 1 is 1.19 bits per heavy atom. The maximum absolute atomic E-state index is 6.11. The standard InChI is InChI=1S/C15H23N3O3/c1-5-6-10(9-19-2)18-12-8-14(21-4)13(20-3)7-11(12)17-15(18)16/h7-8,10H,5-6,9H2,1-4H3,(H2,16,17). The number of benzene rings is 1. The number of hydrogen-bond acceptors (Lipinski definition) is 5. The Hall–Kier alpha value is -1.95. The van der Waals surface area contributed by atoms with Gasteiger partial charge >= 0.3 is 0 Å². The Morgan fingerprint density at radius 3 is 2.43 bits per heavy atom. The first-order chi connectivity index (χ1) is 10.2. The molecule has 0 saturated heterocycles. The van der Waals surface area contributed by atoms with Crippen LogP contribution >= 0.6 is 0 Å². The smallest absolute Gasteiger partial charge is 0.201 e. The van der Waals surface area contributed by atoms with Gasteiger partial charge in [-0.2, -0.15) is 0 Å². The van der Waals surface area contributed by atoms with Crippen molar-refractivity contribution in [3.05, 3.63) is 12.1 Å². The first kappa shape index (κ1) is 15.4. The van der Waals surface area contributed by atoms with Crippen LogP contribution in [0, 0.1) is 0 Å². The van der Waals surface area contributed by atoms with Gasteiger partial charge in [-0.1, -0.05) is 13.3 Å². The molecule has 1 unspecified atom stereocenters. The lowest BCUT2D eigenvalue weighted by molar-refractivity contribution is 0.153. The number of ether oxygens (including phenoxy) is 3. The van der Waals surface area contributed by atoms with E-state index in [1.165, 1.54) is 0 Å². The van der Waals surface area contributed by atoms with E-state index in [-0.39, 0.29) is 6.04 Å². The van der Waals surface area contributed by atoms with Crippen LogP contribution in [0.1, 0.15) is 25.8 Å². The van der Waals surface area contributed by atoms with Gasteiger partial charge in [0, 0.05) is 19.2 Å². The Balaban J connectivity index is 2.59. The van der Waals surface area contributed by atoms with E-state index in [1.807, 2.05) is 16.7 Å². The highest BCUT2D eigenvalue weighted by molar-refractivity contribution is 5.82. The van der Waals surface area contributed by atoms with Crippen LogP contribution < -0.4 is 15.2 Å². The summed E-state index contributed by atoms with van der Waals surface area (Å²) >= 11 is 0. The Kier molecular flexibility index (Phi) is 4.90. The first-order valence-electron chi connectivity index (χ1n) is 7.04. The van der Waals surface area contributed by atoms with Crippen LogP contribution in [-0.4, -0.2) is 37.5 Å². The molecule has 0 amide bonds. The van der Waals surface area contributed by atoms with Crippen molar-refractivity contribution in [3.63, 3.8) is 0 Å². The third-order valence-electron chi connectivity index (χ3n) is 3.57. The number of rotatable bonds is 7. The highest BCUT2D eigenvalue weighted by atomic mass is 16.5. The molecular formula is C15H23N3O3. The molecule has 116 valence electrons. The van der Waals surface area contributed by atoms with E-state index in [2.05, 4.69) is 11.9 Å². The molecule has 0 saturated carbocycles. The summed E-state index contributed by atoms with van der Waals surface area (Å²) in [5.74, 6) is 1.79. The average molecular weight is 293 g/mol. The van der Waals surface area contributed by atoms with Gasteiger partial charge in [-0.15, -0.1) is 0 Å². The molecule has 1 heterocycles. The van der Waals surface area contributed by atoms with Gasteiger partial charge < -0.3 is 24.5 Å². The quantitative estimate of drug-likeness (QED) is 0.849. The number of hydrogen-bond donors (Lipinski definition) is 1. The molecule has 0 spiro atoms. The molecule has 1 atom stereocenters. The fourth-order valence-electron chi connectivity index (χ4n) is 2.64. The lowest BCUT2D eigenvalue weighted by atomic mass is 10.1. The number of anilines is 1. The predicted molar refractivity (Wildman–Crippen MR) is 83.1 cm³/mol.